The zero-order chi connectivity index (χ0) is 14.4. The highest BCUT2D eigenvalue weighted by Crippen LogP contribution is 2.40. The van der Waals surface area contributed by atoms with Crippen LogP contribution in [-0.2, 0) is 6.42 Å². The van der Waals surface area contributed by atoms with Gasteiger partial charge in [0.2, 0.25) is 0 Å². The molecule has 0 heterocycles. The highest BCUT2D eigenvalue weighted by Gasteiger charge is 2.27. The third kappa shape index (κ3) is 4.34. The Bertz CT molecular complexity index is 408. The van der Waals surface area contributed by atoms with Gasteiger partial charge in [0.05, 0.1) is 0 Å². The van der Waals surface area contributed by atoms with E-state index in [1.807, 2.05) is 0 Å². The van der Waals surface area contributed by atoms with Crippen LogP contribution in [0.1, 0.15) is 69.9 Å². The Morgan fingerprint density at radius 1 is 1.20 bits per heavy atom. The van der Waals surface area contributed by atoms with Crippen LogP contribution in [0.4, 0.5) is 0 Å². The van der Waals surface area contributed by atoms with Gasteiger partial charge in [-0.05, 0) is 74.1 Å². The molecule has 0 saturated heterocycles. The van der Waals surface area contributed by atoms with Gasteiger partial charge in [-0.2, -0.15) is 0 Å². The van der Waals surface area contributed by atoms with Gasteiger partial charge in [0.25, 0.3) is 0 Å². The van der Waals surface area contributed by atoms with Crippen LogP contribution in [0.25, 0.3) is 0 Å². The first-order valence-corrected chi connectivity index (χ1v) is 8.41. The fourth-order valence-electron chi connectivity index (χ4n) is 3.56. The Labute approximate surface area is 125 Å². The smallest absolute Gasteiger partial charge is 0.00438 e. The summed E-state index contributed by atoms with van der Waals surface area (Å²) in [4.78, 5) is 0. The summed E-state index contributed by atoms with van der Waals surface area (Å²) >= 11 is 0. The van der Waals surface area contributed by atoms with Crippen LogP contribution in [0.2, 0.25) is 0 Å². The van der Waals surface area contributed by atoms with Crippen molar-refractivity contribution >= 4 is 0 Å². The van der Waals surface area contributed by atoms with E-state index in [1.54, 1.807) is 11.1 Å². The molecule has 0 fully saturated rings. The number of nitrogens with one attached hydrogen (secondary N) is 1. The third-order valence-electron chi connectivity index (χ3n) is 4.70. The van der Waals surface area contributed by atoms with Gasteiger partial charge in [-0.25, -0.2) is 0 Å². The molecule has 0 saturated carbocycles. The first-order valence-electron chi connectivity index (χ1n) is 8.41. The Morgan fingerprint density at radius 2 is 2.00 bits per heavy atom. The molecule has 112 valence electrons. The molecule has 1 aliphatic carbocycles. The Kier molecular flexibility index (Phi) is 5.65. The molecule has 20 heavy (non-hydrogen) atoms. The van der Waals surface area contributed by atoms with Crippen LogP contribution in [-0.4, -0.2) is 13.1 Å². The first-order chi connectivity index (χ1) is 9.62. The fourth-order valence-corrected chi connectivity index (χ4v) is 3.56. The summed E-state index contributed by atoms with van der Waals surface area (Å²) in [6, 6.07) is 9.11. The van der Waals surface area contributed by atoms with Crippen LogP contribution in [0.15, 0.2) is 24.3 Å². The number of rotatable bonds is 7. The van der Waals surface area contributed by atoms with Gasteiger partial charge in [-0.3, -0.25) is 0 Å². The van der Waals surface area contributed by atoms with Crippen LogP contribution in [0, 0.1) is 5.41 Å². The molecule has 1 aromatic rings. The number of fused-ring (bicyclic) bond motifs is 1. The molecular formula is C19H31N. The van der Waals surface area contributed by atoms with E-state index in [9.17, 15) is 0 Å². The molecule has 0 aromatic heterocycles. The Hall–Kier alpha value is -0.820. The largest absolute Gasteiger partial charge is 0.317 e. The van der Waals surface area contributed by atoms with Gasteiger partial charge in [0, 0.05) is 0 Å². The first kappa shape index (κ1) is 15.6. The zero-order valence-electron chi connectivity index (χ0n) is 13.5. The Balaban J connectivity index is 1.92. The molecule has 0 spiro atoms. The predicted octanol–water partition coefficient (Wildman–Crippen LogP) is 4.91. The van der Waals surface area contributed by atoms with Crippen molar-refractivity contribution in [2.24, 2.45) is 5.41 Å². The minimum atomic E-state index is 0.440. The second-order valence-corrected chi connectivity index (χ2v) is 7.16. The molecule has 0 aliphatic heterocycles. The second-order valence-electron chi connectivity index (χ2n) is 7.16. The van der Waals surface area contributed by atoms with E-state index >= 15 is 0 Å². The summed E-state index contributed by atoms with van der Waals surface area (Å²) < 4.78 is 0. The molecule has 1 heteroatoms. The van der Waals surface area contributed by atoms with Crippen molar-refractivity contribution in [1.82, 2.24) is 5.32 Å². The summed E-state index contributed by atoms with van der Waals surface area (Å²) in [5.41, 5.74) is 3.67. The number of aryl methyl sites for hydroxylation is 1. The van der Waals surface area contributed by atoms with Crippen molar-refractivity contribution in [3.63, 3.8) is 0 Å². The molecule has 2 rings (SSSR count). The summed E-state index contributed by atoms with van der Waals surface area (Å²) in [7, 11) is 0. The van der Waals surface area contributed by atoms with E-state index in [1.165, 1.54) is 38.5 Å². The SMILES string of the molecule is CCCNCCC(C)(C)CC1CCCc2ccccc21. The average Bonchev–Trinajstić information content (AvgIpc) is 2.44. The minimum Gasteiger partial charge on any atom is -0.317 e. The van der Waals surface area contributed by atoms with E-state index in [2.05, 4.69) is 50.4 Å². The monoisotopic (exact) mass is 273 g/mol. The standard InChI is InChI=1S/C19H31N/c1-4-13-20-14-12-19(2,3)15-17-10-7-9-16-8-5-6-11-18(16)17/h5-6,8,11,17,20H,4,7,9-10,12-15H2,1-3H3. The molecule has 0 radical (unpaired) electrons. The lowest BCUT2D eigenvalue weighted by Crippen LogP contribution is -2.25. The molecule has 1 atom stereocenters. The van der Waals surface area contributed by atoms with Gasteiger partial charge in [-0.15, -0.1) is 0 Å². The quantitative estimate of drug-likeness (QED) is 0.696. The van der Waals surface area contributed by atoms with Gasteiger partial charge >= 0.3 is 0 Å². The minimum absolute atomic E-state index is 0.440. The molecule has 1 aromatic carbocycles. The molecule has 0 amide bonds. The molecule has 1 nitrogen and oxygen atoms in total. The molecule has 1 aliphatic rings. The van der Waals surface area contributed by atoms with E-state index < -0.39 is 0 Å². The molecule has 1 unspecified atom stereocenters. The highest BCUT2D eigenvalue weighted by molar-refractivity contribution is 5.32. The van der Waals surface area contributed by atoms with Crippen molar-refractivity contribution in [3.05, 3.63) is 35.4 Å². The molecule has 1 N–H and O–H groups in total. The molecule has 0 bridgehead atoms. The van der Waals surface area contributed by atoms with Gasteiger partial charge in [-0.1, -0.05) is 45.0 Å². The van der Waals surface area contributed by atoms with Crippen molar-refractivity contribution < 1.29 is 0 Å². The summed E-state index contributed by atoms with van der Waals surface area (Å²) in [5.74, 6) is 0.779. The number of hydrogen-bond donors (Lipinski definition) is 1. The lowest BCUT2D eigenvalue weighted by atomic mass is 9.72. The van der Waals surface area contributed by atoms with Crippen LogP contribution in [0.5, 0.6) is 0 Å². The maximum absolute atomic E-state index is 3.55. The van der Waals surface area contributed by atoms with E-state index in [4.69, 9.17) is 0 Å². The van der Waals surface area contributed by atoms with Crippen molar-refractivity contribution in [2.45, 2.75) is 65.2 Å². The highest BCUT2D eigenvalue weighted by atomic mass is 14.8. The predicted molar refractivity (Wildman–Crippen MR) is 88.3 cm³/mol. The average molecular weight is 273 g/mol. The number of hydrogen-bond acceptors (Lipinski definition) is 1. The van der Waals surface area contributed by atoms with Crippen molar-refractivity contribution in [1.29, 1.82) is 0 Å². The lowest BCUT2D eigenvalue weighted by Gasteiger charge is -2.33. The number of benzene rings is 1. The van der Waals surface area contributed by atoms with Gasteiger partial charge < -0.3 is 5.32 Å². The van der Waals surface area contributed by atoms with Crippen LogP contribution >= 0.6 is 0 Å². The van der Waals surface area contributed by atoms with Crippen LogP contribution in [0.3, 0.4) is 0 Å². The third-order valence-corrected chi connectivity index (χ3v) is 4.70. The van der Waals surface area contributed by atoms with Gasteiger partial charge in [0.1, 0.15) is 0 Å². The van der Waals surface area contributed by atoms with Crippen molar-refractivity contribution in [2.75, 3.05) is 13.1 Å². The van der Waals surface area contributed by atoms with E-state index in [-0.39, 0.29) is 0 Å². The normalized spacial score (nSPS) is 18.9. The Morgan fingerprint density at radius 3 is 2.80 bits per heavy atom. The lowest BCUT2D eigenvalue weighted by molar-refractivity contribution is 0.266. The fraction of sp³-hybridized carbons (Fsp3) is 0.684. The van der Waals surface area contributed by atoms with Gasteiger partial charge in [0.15, 0.2) is 0 Å². The summed E-state index contributed by atoms with van der Waals surface area (Å²) in [6.45, 7) is 9.43. The van der Waals surface area contributed by atoms with E-state index in [0.29, 0.717) is 5.41 Å². The molecular weight excluding hydrogens is 242 g/mol. The maximum Gasteiger partial charge on any atom is -0.00438 e. The second kappa shape index (κ2) is 7.26. The summed E-state index contributed by atoms with van der Waals surface area (Å²) in [6.07, 6.45) is 7.87. The van der Waals surface area contributed by atoms with Crippen molar-refractivity contribution in [3.8, 4) is 0 Å². The van der Waals surface area contributed by atoms with E-state index in [0.717, 1.165) is 19.0 Å². The summed E-state index contributed by atoms with van der Waals surface area (Å²) in [5, 5.41) is 3.55. The maximum atomic E-state index is 3.55. The topological polar surface area (TPSA) is 12.0 Å². The van der Waals surface area contributed by atoms with Crippen LogP contribution < -0.4 is 5.32 Å². The zero-order valence-corrected chi connectivity index (χ0v) is 13.5.